The van der Waals surface area contributed by atoms with E-state index in [-0.39, 0.29) is 5.82 Å². The van der Waals surface area contributed by atoms with Crippen molar-refractivity contribution in [2.75, 3.05) is 20.1 Å². The van der Waals surface area contributed by atoms with Crippen LogP contribution in [0.3, 0.4) is 0 Å². The Morgan fingerprint density at radius 2 is 1.86 bits per heavy atom. The lowest BCUT2D eigenvalue weighted by atomic mass is 10.1. The quantitative estimate of drug-likeness (QED) is 0.635. The van der Waals surface area contributed by atoms with Crippen molar-refractivity contribution in [1.82, 2.24) is 15.6 Å². The van der Waals surface area contributed by atoms with Crippen LogP contribution in [0.25, 0.3) is 0 Å². The maximum Gasteiger partial charge on any atom is 0.190 e. The van der Waals surface area contributed by atoms with Crippen LogP contribution >= 0.6 is 11.3 Å². The van der Waals surface area contributed by atoms with Crippen molar-refractivity contribution in [2.45, 2.75) is 19.8 Å². The molecule has 118 valence electrons. The van der Waals surface area contributed by atoms with E-state index < -0.39 is 0 Å². The molecule has 0 bridgehead atoms. The zero-order chi connectivity index (χ0) is 15.8. The molecule has 0 amide bonds. The molecule has 2 aromatic rings. The van der Waals surface area contributed by atoms with E-state index in [1.54, 1.807) is 30.5 Å². The van der Waals surface area contributed by atoms with Gasteiger partial charge < -0.3 is 10.6 Å². The van der Waals surface area contributed by atoms with Gasteiger partial charge in [0.2, 0.25) is 0 Å². The second-order valence-corrected chi connectivity index (χ2v) is 5.97. The summed E-state index contributed by atoms with van der Waals surface area (Å²) in [4.78, 5) is 8.62. The van der Waals surface area contributed by atoms with Crippen molar-refractivity contribution < 1.29 is 4.39 Å². The zero-order valence-corrected chi connectivity index (χ0v) is 13.7. The minimum absolute atomic E-state index is 0.202. The molecule has 0 aliphatic rings. The highest BCUT2D eigenvalue weighted by Crippen LogP contribution is 2.07. The van der Waals surface area contributed by atoms with E-state index in [1.807, 2.05) is 6.92 Å². The molecule has 0 atom stereocenters. The summed E-state index contributed by atoms with van der Waals surface area (Å²) in [5.74, 6) is 0.570. The molecule has 2 rings (SSSR count). The van der Waals surface area contributed by atoms with Crippen LogP contribution in [0, 0.1) is 12.7 Å². The van der Waals surface area contributed by atoms with Crippen LogP contribution in [0.2, 0.25) is 0 Å². The molecular formula is C16H21FN4S. The number of aliphatic imine (C=N–C) groups is 1. The number of aryl methyl sites for hydroxylation is 1. The molecular weight excluding hydrogens is 299 g/mol. The van der Waals surface area contributed by atoms with Gasteiger partial charge >= 0.3 is 0 Å². The highest BCUT2D eigenvalue weighted by molar-refractivity contribution is 7.09. The molecule has 0 fully saturated rings. The van der Waals surface area contributed by atoms with Gasteiger partial charge in [-0.1, -0.05) is 12.1 Å². The topological polar surface area (TPSA) is 49.3 Å². The van der Waals surface area contributed by atoms with Crippen LogP contribution < -0.4 is 10.6 Å². The maximum atomic E-state index is 12.8. The predicted octanol–water partition coefficient (Wildman–Crippen LogP) is 2.54. The zero-order valence-electron chi connectivity index (χ0n) is 12.9. The third kappa shape index (κ3) is 5.44. The average Bonchev–Trinajstić information content (AvgIpc) is 2.93. The number of guanidine groups is 1. The van der Waals surface area contributed by atoms with Crippen molar-refractivity contribution in [3.8, 4) is 0 Å². The number of hydrogen-bond acceptors (Lipinski definition) is 3. The summed E-state index contributed by atoms with van der Waals surface area (Å²) in [5, 5.41) is 9.70. The second kappa shape index (κ2) is 8.48. The molecule has 1 heterocycles. The Hall–Kier alpha value is -1.95. The molecule has 0 unspecified atom stereocenters. The Labute approximate surface area is 134 Å². The van der Waals surface area contributed by atoms with Crippen molar-refractivity contribution in [1.29, 1.82) is 0 Å². The summed E-state index contributed by atoms with van der Waals surface area (Å²) < 4.78 is 12.8. The van der Waals surface area contributed by atoms with E-state index in [9.17, 15) is 4.39 Å². The maximum absolute atomic E-state index is 12.8. The Bertz CT molecular complexity index is 607. The summed E-state index contributed by atoms with van der Waals surface area (Å²) in [5.41, 5.74) is 2.21. The number of thiazole rings is 1. The second-order valence-electron chi connectivity index (χ2n) is 4.91. The van der Waals surface area contributed by atoms with Crippen LogP contribution in [0.15, 0.2) is 34.6 Å². The molecule has 1 aromatic heterocycles. The average molecular weight is 320 g/mol. The highest BCUT2D eigenvalue weighted by Gasteiger charge is 2.01. The number of aromatic nitrogens is 1. The molecule has 0 aliphatic heterocycles. The van der Waals surface area contributed by atoms with Gasteiger partial charge in [0, 0.05) is 31.9 Å². The minimum atomic E-state index is -0.202. The molecule has 2 N–H and O–H groups in total. The van der Waals surface area contributed by atoms with Crippen LogP contribution in [0.5, 0.6) is 0 Å². The van der Waals surface area contributed by atoms with Crippen molar-refractivity contribution in [3.63, 3.8) is 0 Å². The molecule has 0 aliphatic carbocycles. The lowest BCUT2D eigenvalue weighted by molar-refractivity contribution is 0.626. The third-order valence-corrected chi connectivity index (χ3v) is 4.01. The normalized spacial score (nSPS) is 11.5. The molecule has 6 heteroatoms. The fourth-order valence-corrected chi connectivity index (χ4v) is 2.68. The van der Waals surface area contributed by atoms with Crippen molar-refractivity contribution in [2.24, 2.45) is 4.99 Å². The first-order chi connectivity index (χ1) is 10.7. The van der Waals surface area contributed by atoms with Crippen LogP contribution in [-0.4, -0.2) is 31.1 Å². The van der Waals surface area contributed by atoms with Crippen molar-refractivity contribution in [3.05, 3.63) is 51.7 Å². The summed E-state index contributed by atoms with van der Waals surface area (Å²) in [6, 6.07) is 6.58. The van der Waals surface area contributed by atoms with Gasteiger partial charge in [-0.05, 0) is 31.0 Å². The monoisotopic (exact) mass is 320 g/mol. The minimum Gasteiger partial charge on any atom is -0.356 e. The summed E-state index contributed by atoms with van der Waals surface area (Å²) in [7, 11) is 1.75. The smallest absolute Gasteiger partial charge is 0.190 e. The van der Waals surface area contributed by atoms with Gasteiger partial charge in [-0.15, -0.1) is 11.3 Å². The first kappa shape index (κ1) is 16.4. The molecule has 22 heavy (non-hydrogen) atoms. The lowest BCUT2D eigenvalue weighted by Gasteiger charge is -2.11. The number of nitrogens with zero attached hydrogens (tertiary/aromatic N) is 2. The first-order valence-electron chi connectivity index (χ1n) is 7.27. The highest BCUT2D eigenvalue weighted by atomic mass is 32.1. The van der Waals surface area contributed by atoms with Gasteiger partial charge in [-0.3, -0.25) is 4.99 Å². The van der Waals surface area contributed by atoms with Crippen LogP contribution in [0.1, 0.15) is 16.3 Å². The first-order valence-corrected chi connectivity index (χ1v) is 8.15. The number of benzene rings is 1. The van der Waals surface area contributed by atoms with E-state index in [2.05, 4.69) is 26.0 Å². The van der Waals surface area contributed by atoms with E-state index in [0.717, 1.165) is 48.2 Å². The Morgan fingerprint density at radius 3 is 2.45 bits per heavy atom. The lowest BCUT2D eigenvalue weighted by Crippen LogP contribution is -2.39. The standard InChI is InChI=1S/C16H21FN4S/c1-12-21-15(11-22-12)8-10-20-16(18-2)19-9-7-13-3-5-14(17)6-4-13/h3-6,11H,7-10H2,1-2H3,(H2,18,19,20). The molecule has 1 aromatic carbocycles. The molecule has 0 saturated heterocycles. The fraction of sp³-hybridized carbons (Fsp3) is 0.375. The molecule has 4 nitrogen and oxygen atoms in total. The predicted molar refractivity (Wildman–Crippen MR) is 90.0 cm³/mol. The van der Waals surface area contributed by atoms with Gasteiger partial charge in [0.25, 0.3) is 0 Å². The van der Waals surface area contributed by atoms with Gasteiger partial charge in [-0.25, -0.2) is 9.37 Å². The molecule has 0 radical (unpaired) electrons. The summed E-state index contributed by atoms with van der Waals surface area (Å²) >= 11 is 1.67. The summed E-state index contributed by atoms with van der Waals surface area (Å²) in [6.45, 7) is 3.55. The van der Waals surface area contributed by atoms with Crippen LogP contribution in [0.4, 0.5) is 4.39 Å². The van der Waals surface area contributed by atoms with E-state index in [0.29, 0.717) is 0 Å². The van der Waals surface area contributed by atoms with E-state index in [1.165, 1.54) is 12.1 Å². The Balaban J connectivity index is 1.67. The molecule has 0 saturated carbocycles. The van der Waals surface area contributed by atoms with Crippen molar-refractivity contribution >= 4 is 17.3 Å². The largest absolute Gasteiger partial charge is 0.356 e. The van der Waals surface area contributed by atoms with Gasteiger partial charge in [0.15, 0.2) is 5.96 Å². The van der Waals surface area contributed by atoms with Gasteiger partial charge in [0.1, 0.15) is 5.82 Å². The van der Waals surface area contributed by atoms with E-state index >= 15 is 0 Å². The van der Waals surface area contributed by atoms with Crippen LogP contribution in [-0.2, 0) is 12.8 Å². The Kier molecular flexibility index (Phi) is 6.33. The molecule has 0 spiro atoms. The van der Waals surface area contributed by atoms with E-state index in [4.69, 9.17) is 0 Å². The number of nitrogens with one attached hydrogen (secondary N) is 2. The SMILES string of the molecule is CN=C(NCCc1ccc(F)cc1)NCCc1csc(C)n1. The fourth-order valence-electron chi connectivity index (χ4n) is 2.03. The number of rotatable bonds is 6. The Morgan fingerprint density at radius 1 is 1.18 bits per heavy atom. The van der Waals surface area contributed by atoms with Gasteiger partial charge in [-0.2, -0.15) is 0 Å². The number of halogens is 1. The third-order valence-electron chi connectivity index (χ3n) is 3.18. The number of hydrogen-bond donors (Lipinski definition) is 2. The van der Waals surface area contributed by atoms with Gasteiger partial charge in [0.05, 0.1) is 10.7 Å². The summed E-state index contributed by atoms with van der Waals surface area (Å²) in [6.07, 6.45) is 1.70.